The average molecular weight is 213 g/mol. The molecule has 1 aliphatic heterocycles. The quantitative estimate of drug-likeness (QED) is 0.688. The summed E-state index contributed by atoms with van der Waals surface area (Å²) in [6, 6.07) is 0. The molecule has 0 unspecified atom stereocenters. The van der Waals surface area contributed by atoms with Gasteiger partial charge in [0.05, 0.1) is 5.75 Å². The second-order valence-corrected chi connectivity index (χ2v) is 5.41. The Morgan fingerprint density at radius 3 is 2.15 bits per heavy atom. The van der Waals surface area contributed by atoms with Crippen molar-refractivity contribution in [3.8, 4) is 0 Å². The minimum atomic E-state index is -3.27. The van der Waals surface area contributed by atoms with Crippen molar-refractivity contribution < 1.29 is 17.2 Å². The van der Waals surface area contributed by atoms with Gasteiger partial charge in [0.1, 0.15) is 0 Å². The van der Waals surface area contributed by atoms with E-state index in [4.69, 9.17) is 0 Å². The van der Waals surface area contributed by atoms with Gasteiger partial charge in [-0.3, -0.25) is 0 Å². The summed E-state index contributed by atoms with van der Waals surface area (Å²) in [4.78, 5) is 0. The molecule has 1 aliphatic rings. The van der Waals surface area contributed by atoms with Crippen LogP contribution >= 0.6 is 0 Å². The fourth-order valence-corrected chi connectivity index (χ4v) is 2.38. The summed E-state index contributed by atoms with van der Waals surface area (Å²) in [5.41, 5.74) is 0. The molecule has 0 amide bonds. The third-order valence-corrected chi connectivity index (χ3v) is 4.09. The molecule has 0 saturated carbocycles. The van der Waals surface area contributed by atoms with E-state index in [0.29, 0.717) is 0 Å². The normalized spacial score (nSPS) is 24.5. The maximum Gasteiger partial charge on any atom is 0.250 e. The van der Waals surface area contributed by atoms with Gasteiger partial charge in [0.25, 0.3) is 5.92 Å². The first-order chi connectivity index (χ1) is 5.87. The van der Waals surface area contributed by atoms with Gasteiger partial charge in [-0.2, -0.15) is 0 Å². The van der Waals surface area contributed by atoms with Gasteiger partial charge in [0.15, 0.2) is 0 Å². The van der Waals surface area contributed by atoms with Crippen molar-refractivity contribution in [2.45, 2.75) is 25.7 Å². The molecule has 0 atom stereocenters. The Kier molecular flexibility index (Phi) is 2.91. The molecule has 1 saturated heterocycles. The molecule has 0 aromatic heterocycles. The lowest BCUT2D eigenvalue weighted by Gasteiger charge is -2.30. The van der Waals surface area contributed by atoms with Gasteiger partial charge < -0.3 is 0 Å². The van der Waals surface area contributed by atoms with Crippen LogP contribution in [0.1, 0.15) is 19.8 Å². The van der Waals surface area contributed by atoms with Crippen LogP contribution in [0.4, 0.5) is 8.78 Å². The van der Waals surface area contributed by atoms with Crippen molar-refractivity contribution in [1.82, 2.24) is 4.31 Å². The Morgan fingerprint density at radius 2 is 1.77 bits per heavy atom. The fourth-order valence-electron chi connectivity index (χ4n) is 1.27. The maximum atomic E-state index is 12.6. The molecule has 1 rings (SSSR count). The molecule has 3 nitrogen and oxygen atoms in total. The van der Waals surface area contributed by atoms with Gasteiger partial charge in [-0.25, -0.2) is 21.5 Å². The van der Waals surface area contributed by atoms with Crippen LogP contribution in [0.2, 0.25) is 0 Å². The van der Waals surface area contributed by atoms with E-state index in [9.17, 15) is 17.2 Å². The smallest absolute Gasteiger partial charge is 0.212 e. The Hall–Kier alpha value is -0.230. The van der Waals surface area contributed by atoms with Crippen molar-refractivity contribution in [1.29, 1.82) is 0 Å². The van der Waals surface area contributed by atoms with Crippen molar-refractivity contribution in [2.24, 2.45) is 0 Å². The monoisotopic (exact) mass is 213 g/mol. The van der Waals surface area contributed by atoms with Gasteiger partial charge in [-0.1, -0.05) is 0 Å². The van der Waals surface area contributed by atoms with E-state index < -0.39 is 15.9 Å². The zero-order valence-electron chi connectivity index (χ0n) is 7.46. The first-order valence-electron chi connectivity index (χ1n) is 4.23. The molecule has 0 bridgehead atoms. The number of hydrogen-bond donors (Lipinski definition) is 0. The lowest BCUT2D eigenvalue weighted by molar-refractivity contribution is -0.0411. The molecule has 6 heteroatoms. The van der Waals surface area contributed by atoms with Gasteiger partial charge in [-0.05, 0) is 6.92 Å². The highest BCUT2D eigenvalue weighted by molar-refractivity contribution is 7.89. The highest BCUT2D eigenvalue weighted by atomic mass is 32.2. The van der Waals surface area contributed by atoms with Gasteiger partial charge in [-0.15, -0.1) is 0 Å². The zero-order valence-corrected chi connectivity index (χ0v) is 8.28. The molecule has 13 heavy (non-hydrogen) atoms. The highest BCUT2D eigenvalue weighted by Crippen LogP contribution is 2.28. The van der Waals surface area contributed by atoms with E-state index in [-0.39, 0.29) is 31.7 Å². The van der Waals surface area contributed by atoms with Crippen LogP contribution in [0.15, 0.2) is 0 Å². The molecule has 0 spiro atoms. The van der Waals surface area contributed by atoms with E-state index in [1.165, 1.54) is 6.92 Å². The first-order valence-corrected chi connectivity index (χ1v) is 5.84. The van der Waals surface area contributed by atoms with Gasteiger partial charge in [0, 0.05) is 25.9 Å². The Balaban J connectivity index is 2.61. The Morgan fingerprint density at radius 1 is 1.31 bits per heavy atom. The number of nitrogens with zero attached hydrogens (tertiary/aromatic N) is 1. The SMILES string of the molecule is CCS(=O)(=O)N1CCC(F)(F)CC1. The van der Waals surface area contributed by atoms with Crippen LogP contribution in [-0.2, 0) is 10.0 Å². The minimum Gasteiger partial charge on any atom is -0.212 e. The van der Waals surface area contributed by atoms with E-state index in [1.54, 1.807) is 0 Å². The molecule has 1 fully saturated rings. The maximum absolute atomic E-state index is 12.6. The second-order valence-electron chi connectivity index (χ2n) is 3.16. The molecule has 0 aliphatic carbocycles. The number of sulfonamides is 1. The zero-order chi connectivity index (χ0) is 10.1. The van der Waals surface area contributed by atoms with Crippen LogP contribution in [0.5, 0.6) is 0 Å². The molecular weight excluding hydrogens is 200 g/mol. The number of halogens is 2. The lowest BCUT2D eigenvalue weighted by atomic mass is 10.1. The molecular formula is C7H13F2NO2S. The summed E-state index contributed by atoms with van der Waals surface area (Å²) in [7, 11) is -3.27. The first kappa shape index (κ1) is 10.8. The summed E-state index contributed by atoms with van der Waals surface area (Å²) in [6.45, 7) is 1.41. The van der Waals surface area contributed by atoms with Crippen LogP contribution < -0.4 is 0 Å². The summed E-state index contributed by atoms with van der Waals surface area (Å²) in [5.74, 6) is -2.70. The molecule has 0 aromatic rings. The molecule has 0 aromatic carbocycles. The van der Waals surface area contributed by atoms with E-state index in [0.717, 1.165) is 4.31 Å². The number of piperidine rings is 1. The topological polar surface area (TPSA) is 37.4 Å². The highest BCUT2D eigenvalue weighted by Gasteiger charge is 2.37. The third-order valence-electron chi connectivity index (χ3n) is 2.21. The second kappa shape index (κ2) is 3.49. The molecule has 0 N–H and O–H groups in total. The summed E-state index contributed by atoms with van der Waals surface area (Å²) < 4.78 is 48.9. The average Bonchev–Trinajstić information content (AvgIpc) is 2.04. The Bertz CT molecular complexity index is 266. The summed E-state index contributed by atoms with van der Waals surface area (Å²) in [5, 5.41) is 0. The van der Waals surface area contributed by atoms with Crippen LogP contribution in [-0.4, -0.2) is 37.5 Å². The Labute approximate surface area is 76.8 Å². The third kappa shape index (κ3) is 2.60. The van der Waals surface area contributed by atoms with Crippen molar-refractivity contribution in [3.63, 3.8) is 0 Å². The van der Waals surface area contributed by atoms with Gasteiger partial charge >= 0.3 is 0 Å². The van der Waals surface area contributed by atoms with Crippen LogP contribution in [0.25, 0.3) is 0 Å². The van der Waals surface area contributed by atoms with Crippen LogP contribution in [0, 0.1) is 0 Å². The van der Waals surface area contributed by atoms with Gasteiger partial charge in [0.2, 0.25) is 10.0 Å². The minimum absolute atomic E-state index is 0.0153. The van der Waals surface area contributed by atoms with Crippen LogP contribution in [0.3, 0.4) is 0 Å². The number of hydrogen-bond acceptors (Lipinski definition) is 2. The lowest BCUT2D eigenvalue weighted by Crippen LogP contribution is -2.43. The number of alkyl halides is 2. The summed E-state index contributed by atoms with van der Waals surface area (Å²) >= 11 is 0. The van der Waals surface area contributed by atoms with Crippen molar-refractivity contribution in [2.75, 3.05) is 18.8 Å². The molecule has 1 heterocycles. The number of rotatable bonds is 2. The van der Waals surface area contributed by atoms with E-state index in [1.807, 2.05) is 0 Å². The fraction of sp³-hybridized carbons (Fsp3) is 1.00. The molecule has 0 radical (unpaired) electrons. The summed E-state index contributed by atoms with van der Waals surface area (Å²) in [6.07, 6.45) is -0.710. The van der Waals surface area contributed by atoms with Crippen molar-refractivity contribution >= 4 is 10.0 Å². The van der Waals surface area contributed by atoms with Crippen molar-refractivity contribution in [3.05, 3.63) is 0 Å². The van der Waals surface area contributed by atoms with E-state index >= 15 is 0 Å². The molecule has 78 valence electrons. The standard InChI is InChI=1S/C7H13F2NO2S/c1-2-13(11,12)10-5-3-7(8,9)4-6-10/h2-6H2,1H3. The van der Waals surface area contributed by atoms with E-state index in [2.05, 4.69) is 0 Å². The largest absolute Gasteiger partial charge is 0.250 e. The predicted octanol–water partition coefficient (Wildman–Crippen LogP) is 1.07. The predicted molar refractivity (Wildman–Crippen MR) is 45.2 cm³/mol.